The van der Waals surface area contributed by atoms with Gasteiger partial charge in [-0.15, -0.1) is 0 Å². The van der Waals surface area contributed by atoms with Crippen LogP contribution in [-0.4, -0.2) is 24.8 Å². The van der Waals surface area contributed by atoms with Crippen molar-refractivity contribution in [2.75, 3.05) is 5.32 Å². The van der Waals surface area contributed by atoms with Crippen LogP contribution in [0.15, 0.2) is 47.3 Å². The van der Waals surface area contributed by atoms with E-state index in [1.54, 1.807) is 9.25 Å². The van der Waals surface area contributed by atoms with E-state index in [0.29, 0.717) is 12.2 Å². The summed E-state index contributed by atoms with van der Waals surface area (Å²) in [5.74, 6) is 0.584. The smallest absolute Gasteiger partial charge is 0.310 e. The molecule has 2 heterocycles. The molecular weight excluding hydrogens is 414 g/mol. The molecule has 1 N–H and O–H groups in total. The quantitative estimate of drug-likeness (QED) is 0.482. The summed E-state index contributed by atoms with van der Waals surface area (Å²) in [5.41, 5.74) is 6.56. The Morgan fingerprint density at radius 2 is 1.88 bits per heavy atom. The molecule has 7 heteroatoms. The highest BCUT2D eigenvalue weighted by molar-refractivity contribution is 5.99. The predicted molar refractivity (Wildman–Crippen MR) is 131 cm³/mol. The molecule has 1 aliphatic carbocycles. The zero-order chi connectivity index (χ0) is 23.3. The standard InChI is InChI=1S/C26H29N5O2/c1-5-22(32)27-25-23(24(28-30(25)4)18-9-6-8-16(2)14-18)17-12-13-20-21(15-17)29(3)26(33)31(20)19-10-7-11-19/h6,8-9,12-15,19H,5,7,10-11H2,1-4H3,(H,27,32). The van der Waals surface area contributed by atoms with Gasteiger partial charge in [-0.2, -0.15) is 5.10 Å². The fraction of sp³-hybridized carbons (Fsp3) is 0.346. The number of carbonyl (C=O) groups excluding carboxylic acids is 1. The molecule has 170 valence electrons. The third-order valence-electron chi connectivity index (χ3n) is 6.74. The third kappa shape index (κ3) is 3.48. The molecule has 33 heavy (non-hydrogen) atoms. The Hall–Kier alpha value is -3.61. The van der Waals surface area contributed by atoms with Crippen molar-refractivity contribution in [3.63, 3.8) is 0 Å². The first kappa shape index (κ1) is 21.2. The van der Waals surface area contributed by atoms with Gasteiger partial charge >= 0.3 is 5.69 Å². The molecule has 0 radical (unpaired) electrons. The Morgan fingerprint density at radius 1 is 1.09 bits per heavy atom. The molecular formula is C26H29N5O2. The van der Waals surface area contributed by atoms with Gasteiger partial charge in [0.25, 0.3) is 0 Å². The van der Waals surface area contributed by atoms with Gasteiger partial charge in [0, 0.05) is 32.1 Å². The van der Waals surface area contributed by atoms with Crippen LogP contribution in [0.1, 0.15) is 44.2 Å². The molecule has 0 bridgehead atoms. The molecule has 1 amide bonds. The number of nitrogens with one attached hydrogen (secondary N) is 1. The summed E-state index contributed by atoms with van der Waals surface area (Å²) < 4.78 is 5.39. The molecule has 7 nitrogen and oxygen atoms in total. The second-order valence-corrected chi connectivity index (χ2v) is 8.97. The van der Waals surface area contributed by atoms with Gasteiger partial charge in [0.05, 0.1) is 16.6 Å². The van der Waals surface area contributed by atoms with Crippen LogP contribution in [0.2, 0.25) is 0 Å². The Balaban J connectivity index is 1.74. The van der Waals surface area contributed by atoms with Crippen LogP contribution in [0.25, 0.3) is 33.4 Å². The van der Waals surface area contributed by atoms with Crippen molar-refractivity contribution in [2.45, 2.75) is 45.6 Å². The maximum Gasteiger partial charge on any atom is 0.329 e. The van der Waals surface area contributed by atoms with Crippen molar-refractivity contribution in [3.05, 3.63) is 58.5 Å². The molecule has 1 aliphatic rings. The number of aryl methyl sites for hydroxylation is 3. The number of benzene rings is 2. The zero-order valence-corrected chi connectivity index (χ0v) is 19.6. The van der Waals surface area contributed by atoms with E-state index in [-0.39, 0.29) is 17.6 Å². The molecule has 0 spiro atoms. The van der Waals surface area contributed by atoms with Crippen LogP contribution < -0.4 is 11.0 Å². The third-order valence-corrected chi connectivity index (χ3v) is 6.74. The van der Waals surface area contributed by atoms with E-state index >= 15 is 0 Å². The molecule has 1 fully saturated rings. The Labute approximate surface area is 192 Å². The molecule has 0 saturated heterocycles. The number of hydrogen-bond donors (Lipinski definition) is 1. The van der Waals surface area contributed by atoms with E-state index in [1.165, 1.54) is 6.42 Å². The van der Waals surface area contributed by atoms with Gasteiger partial charge in [-0.25, -0.2) is 4.79 Å². The molecule has 0 aliphatic heterocycles. The van der Waals surface area contributed by atoms with Crippen LogP contribution in [0.3, 0.4) is 0 Å². The SMILES string of the molecule is CCC(=O)Nc1c(-c2ccc3c(c2)n(C)c(=O)n3C2CCC2)c(-c2cccc(C)c2)nn1C. The summed E-state index contributed by atoms with van der Waals surface area (Å²) in [7, 11) is 3.67. The van der Waals surface area contributed by atoms with Gasteiger partial charge in [-0.1, -0.05) is 36.8 Å². The highest BCUT2D eigenvalue weighted by Gasteiger charge is 2.26. The maximum atomic E-state index is 13.0. The lowest BCUT2D eigenvalue weighted by atomic mass is 9.92. The van der Waals surface area contributed by atoms with Crippen molar-refractivity contribution in [1.29, 1.82) is 0 Å². The number of amides is 1. The van der Waals surface area contributed by atoms with Crippen LogP contribution in [-0.2, 0) is 18.9 Å². The number of imidazole rings is 1. The highest BCUT2D eigenvalue weighted by atomic mass is 16.2. The van der Waals surface area contributed by atoms with Crippen LogP contribution in [0.5, 0.6) is 0 Å². The number of aromatic nitrogens is 4. The fourth-order valence-corrected chi connectivity index (χ4v) is 4.67. The van der Waals surface area contributed by atoms with Gasteiger partial charge in [0.15, 0.2) is 0 Å². The van der Waals surface area contributed by atoms with Gasteiger partial charge < -0.3 is 5.32 Å². The van der Waals surface area contributed by atoms with Gasteiger partial charge in [0.1, 0.15) is 11.5 Å². The van der Waals surface area contributed by atoms with E-state index in [1.807, 2.05) is 55.9 Å². The first-order valence-corrected chi connectivity index (χ1v) is 11.5. The molecule has 2 aromatic heterocycles. The molecule has 0 unspecified atom stereocenters. The highest BCUT2D eigenvalue weighted by Crippen LogP contribution is 2.40. The summed E-state index contributed by atoms with van der Waals surface area (Å²) >= 11 is 0. The minimum Gasteiger partial charge on any atom is -0.310 e. The number of anilines is 1. The maximum absolute atomic E-state index is 13.0. The Bertz CT molecular complexity index is 1440. The fourth-order valence-electron chi connectivity index (χ4n) is 4.67. The monoisotopic (exact) mass is 443 g/mol. The predicted octanol–water partition coefficient (Wildman–Crippen LogP) is 4.79. The number of fused-ring (bicyclic) bond motifs is 1. The van der Waals surface area contributed by atoms with E-state index in [2.05, 4.69) is 24.4 Å². The largest absolute Gasteiger partial charge is 0.329 e. The van der Waals surface area contributed by atoms with Crippen molar-refractivity contribution in [1.82, 2.24) is 18.9 Å². The van der Waals surface area contributed by atoms with Crippen molar-refractivity contribution in [2.24, 2.45) is 14.1 Å². The average molecular weight is 444 g/mol. The molecule has 1 saturated carbocycles. The number of carbonyl (C=O) groups is 1. The van der Waals surface area contributed by atoms with E-state index in [4.69, 9.17) is 5.10 Å². The van der Waals surface area contributed by atoms with E-state index < -0.39 is 0 Å². The van der Waals surface area contributed by atoms with Gasteiger partial charge in [-0.05, 0) is 49.9 Å². The minimum absolute atomic E-state index is 0.0245. The number of nitrogens with zero attached hydrogens (tertiary/aromatic N) is 4. The Kier molecular flexibility index (Phi) is 5.19. The molecule has 4 aromatic rings. The molecule has 2 aromatic carbocycles. The lowest BCUT2D eigenvalue weighted by molar-refractivity contribution is -0.115. The summed E-state index contributed by atoms with van der Waals surface area (Å²) in [4.78, 5) is 25.3. The van der Waals surface area contributed by atoms with Crippen LogP contribution >= 0.6 is 0 Å². The van der Waals surface area contributed by atoms with Crippen LogP contribution in [0, 0.1) is 6.92 Å². The zero-order valence-electron chi connectivity index (χ0n) is 19.6. The van der Waals surface area contributed by atoms with Gasteiger partial charge in [-0.3, -0.25) is 18.6 Å². The summed E-state index contributed by atoms with van der Waals surface area (Å²) in [5, 5.41) is 7.83. The molecule has 5 rings (SSSR count). The van der Waals surface area contributed by atoms with Crippen molar-refractivity contribution >= 4 is 22.8 Å². The van der Waals surface area contributed by atoms with Crippen molar-refractivity contribution < 1.29 is 4.79 Å². The normalized spacial score (nSPS) is 13.9. The van der Waals surface area contributed by atoms with Crippen LogP contribution in [0.4, 0.5) is 5.82 Å². The van der Waals surface area contributed by atoms with Gasteiger partial charge in [0.2, 0.25) is 5.91 Å². The second kappa shape index (κ2) is 8.06. The first-order chi connectivity index (χ1) is 15.9. The second-order valence-electron chi connectivity index (χ2n) is 8.97. The summed E-state index contributed by atoms with van der Waals surface area (Å²) in [6, 6.07) is 14.6. The van der Waals surface area contributed by atoms with Crippen molar-refractivity contribution in [3.8, 4) is 22.4 Å². The minimum atomic E-state index is -0.0698. The molecule has 0 atom stereocenters. The van der Waals surface area contributed by atoms with E-state index in [9.17, 15) is 9.59 Å². The average Bonchev–Trinajstić information content (AvgIpc) is 3.22. The lowest BCUT2D eigenvalue weighted by Crippen LogP contribution is -2.29. The Morgan fingerprint density at radius 3 is 2.55 bits per heavy atom. The summed E-state index contributed by atoms with van der Waals surface area (Å²) in [6.45, 7) is 3.88. The summed E-state index contributed by atoms with van der Waals surface area (Å²) in [6.07, 6.45) is 3.64. The number of hydrogen-bond acceptors (Lipinski definition) is 3. The van der Waals surface area contributed by atoms with E-state index in [0.717, 1.165) is 51.8 Å². The lowest BCUT2D eigenvalue weighted by Gasteiger charge is -2.26. The topological polar surface area (TPSA) is 73.8 Å². The number of rotatable bonds is 5. The first-order valence-electron chi connectivity index (χ1n) is 11.5.